The molecule has 2 atom stereocenters. The molecule has 0 spiro atoms. The molecule has 0 unspecified atom stereocenters. The Morgan fingerprint density at radius 2 is 1.91 bits per heavy atom. The molecule has 0 saturated heterocycles. The SMILES string of the molecule is O=Cc1cc(C(=O)N[C@H]2CCCC[C@@H]2O)c(F)c2ccccc12. The van der Waals surface area contributed by atoms with Crippen LogP contribution in [-0.4, -0.2) is 29.4 Å². The van der Waals surface area contributed by atoms with Crippen molar-refractivity contribution >= 4 is 23.0 Å². The van der Waals surface area contributed by atoms with Crippen molar-refractivity contribution in [3.63, 3.8) is 0 Å². The largest absolute Gasteiger partial charge is 0.391 e. The number of aliphatic hydroxyl groups excluding tert-OH is 1. The molecule has 3 rings (SSSR count). The number of aldehydes is 1. The quantitative estimate of drug-likeness (QED) is 0.856. The zero-order valence-corrected chi connectivity index (χ0v) is 12.6. The molecule has 0 bridgehead atoms. The molecule has 2 N–H and O–H groups in total. The maximum Gasteiger partial charge on any atom is 0.254 e. The van der Waals surface area contributed by atoms with Crippen molar-refractivity contribution in [2.75, 3.05) is 0 Å². The maximum absolute atomic E-state index is 14.6. The third-order valence-corrected chi connectivity index (χ3v) is 4.43. The van der Waals surface area contributed by atoms with E-state index in [0.717, 1.165) is 12.8 Å². The van der Waals surface area contributed by atoms with Crippen LogP contribution in [0.3, 0.4) is 0 Å². The lowest BCUT2D eigenvalue weighted by atomic mass is 9.92. The van der Waals surface area contributed by atoms with Crippen LogP contribution in [0.1, 0.15) is 46.4 Å². The number of fused-ring (bicyclic) bond motifs is 1. The number of nitrogens with one attached hydrogen (secondary N) is 1. The van der Waals surface area contributed by atoms with E-state index in [9.17, 15) is 19.1 Å². The van der Waals surface area contributed by atoms with Crippen molar-refractivity contribution < 1.29 is 19.1 Å². The van der Waals surface area contributed by atoms with Crippen LogP contribution >= 0.6 is 0 Å². The summed E-state index contributed by atoms with van der Waals surface area (Å²) in [5.41, 5.74) is 0.111. The van der Waals surface area contributed by atoms with Gasteiger partial charge in [-0.3, -0.25) is 9.59 Å². The van der Waals surface area contributed by atoms with Crippen LogP contribution in [0.4, 0.5) is 4.39 Å². The summed E-state index contributed by atoms with van der Waals surface area (Å²) in [6, 6.07) is 7.47. The number of benzene rings is 2. The van der Waals surface area contributed by atoms with Crippen molar-refractivity contribution in [1.82, 2.24) is 5.32 Å². The molecule has 23 heavy (non-hydrogen) atoms. The minimum Gasteiger partial charge on any atom is -0.391 e. The predicted molar refractivity (Wildman–Crippen MR) is 85.0 cm³/mol. The Labute approximate surface area is 133 Å². The van der Waals surface area contributed by atoms with Crippen LogP contribution in [0.2, 0.25) is 0 Å². The van der Waals surface area contributed by atoms with Crippen molar-refractivity contribution in [2.45, 2.75) is 37.8 Å². The molecule has 1 amide bonds. The molecule has 0 heterocycles. The summed E-state index contributed by atoms with van der Waals surface area (Å²) >= 11 is 0. The first-order valence-corrected chi connectivity index (χ1v) is 7.77. The summed E-state index contributed by atoms with van der Waals surface area (Å²) in [5, 5.41) is 13.4. The molecule has 0 radical (unpaired) electrons. The Balaban J connectivity index is 1.97. The summed E-state index contributed by atoms with van der Waals surface area (Å²) < 4.78 is 14.6. The van der Waals surface area contributed by atoms with Crippen molar-refractivity contribution in [1.29, 1.82) is 0 Å². The van der Waals surface area contributed by atoms with E-state index in [0.29, 0.717) is 24.5 Å². The lowest BCUT2D eigenvalue weighted by Gasteiger charge is -2.28. The predicted octanol–water partition coefficient (Wildman–Crippen LogP) is 2.82. The summed E-state index contributed by atoms with van der Waals surface area (Å²) in [6.45, 7) is 0. The van der Waals surface area contributed by atoms with E-state index in [1.54, 1.807) is 24.3 Å². The Kier molecular flexibility index (Phi) is 4.39. The van der Waals surface area contributed by atoms with Gasteiger partial charge in [-0.1, -0.05) is 37.1 Å². The molecular weight excluding hydrogens is 297 g/mol. The van der Waals surface area contributed by atoms with Gasteiger partial charge in [-0.2, -0.15) is 0 Å². The minimum absolute atomic E-state index is 0.163. The highest BCUT2D eigenvalue weighted by molar-refractivity contribution is 6.05. The molecule has 1 fully saturated rings. The van der Waals surface area contributed by atoms with Gasteiger partial charge in [0.05, 0.1) is 17.7 Å². The molecule has 1 aliphatic rings. The average molecular weight is 315 g/mol. The van der Waals surface area contributed by atoms with Gasteiger partial charge in [-0.15, -0.1) is 0 Å². The molecule has 1 saturated carbocycles. The zero-order valence-electron chi connectivity index (χ0n) is 12.6. The monoisotopic (exact) mass is 315 g/mol. The van der Waals surface area contributed by atoms with E-state index in [1.165, 1.54) is 6.07 Å². The van der Waals surface area contributed by atoms with Crippen LogP contribution in [-0.2, 0) is 0 Å². The number of aliphatic hydroxyl groups is 1. The standard InChI is InChI=1S/C18H18FNO3/c19-17-13-6-2-1-5-12(13)11(10-21)9-14(17)18(23)20-15-7-3-4-8-16(15)22/h1-2,5-6,9-10,15-16,22H,3-4,7-8H2,(H,20,23)/t15-,16-/m0/s1. The van der Waals surface area contributed by atoms with Gasteiger partial charge in [0.1, 0.15) is 5.82 Å². The first kappa shape index (κ1) is 15.6. The zero-order chi connectivity index (χ0) is 16.4. The van der Waals surface area contributed by atoms with Gasteiger partial charge in [-0.25, -0.2) is 4.39 Å². The van der Waals surface area contributed by atoms with E-state index in [-0.39, 0.29) is 22.6 Å². The highest BCUT2D eigenvalue weighted by Crippen LogP contribution is 2.25. The Hall–Kier alpha value is -2.27. The smallest absolute Gasteiger partial charge is 0.254 e. The maximum atomic E-state index is 14.6. The summed E-state index contributed by atoms with van der Waals surface area (Å²) in [5.74, 6) is -1.24. The van der Waals surface area contributed by atoms with E-state index < -0.39 is 17.8 Å². The average Bonchev–Trinajstić information content (AvgIpc) is 2.57. The second-order valence-corrected chi connectivity index (χ2v) is 5.92. The number of hydrogen-bond acceptors (Lipinski definition) is 3. The van der Waals surface area contributed by atoms with Crippen LogP contribution in [0.15, 0.2) is 30.3 Å². The topological polar surface area (TPSA) is 66.4 Å². The fourth-order valence-electron chi connectivity index (χ4n) is 3.16. The van der Waals surface area contributed by atoms with E-state index in [1.807, 2.05) is 0 Å². The molecular formula is C18H18FNO3. The summed E-state index contributed by atoms with van der Waals surface area (Å²) in [6.07, 6.45) is 3.15. The molecule has 0 aliphatic heterocycles. The number of rotatable bonds is 3. The number of amides is 1. The van der Waals surface area contributed by atoms with Gasteiger partial charge in [-0.05, 0) is 24.3 Å². The number of carbonyl (C=O) groups is 2. The van der Waals surface area contributed by atoms with E-state index >= 15 is 0 Å². The Morgan fingerprint density at radius 3 is 2.61 bits per heavy atom. The van der Waals surface area contributed by atoms with Crippen LogP contribution in [0.25, 0.3) is 10.8 Å². The van der Waals surface area contributed by atoms with Crippen LogP contribution in [0.5, 0.6) is 0 Å². The van der Waals surface area contributed by atoms with Gasteiger partial charge >= 0.3 is 0 Å². The highest BCUT2D eigenvalue weighted by Gasteiger charge is 2.26. The normalized spacial score (nSPS) is 21.1. The van der Waals surface area contributed by atoms with Gasteiger partial charge in [0.15, 0.2) is 6.29 Å². The third kappa shape index (κ3) is 2.97. The van der Waals surface area contributed by atoms with Gasteiger partial charge in [0, 0.05) is 10.9 Å². The van der Waals surface area contributed by atoms with Crippen molar-refractivity contribution in [2.24, 2.45) is 0 Å². The van der Waals surface area contributed by atoms with Crippen molar-refractivity contribution in [3.8, 4) is 0 Å². The second kappa shape index (κ2) is 6.46. The van der Waals surface area contributed by atoms with E-state index in [4.69, 9.17) is 0 Å². The Morgan fingerprint density at radius 1 is 1.22 bits per heavy atom. The fraction of sp³-hybridized carbons (Fsp3) is 0.333. The first-order chi connectivity index (χ1) is 11.1. The molecule has 4 nitrogen and oxygen atoms in total. The lowest BCUT2D eigenvalue weighted by Crippen LogP contribution is -2.45. The molecule has 2 aromatic rings. The van der Waals surface area contributed by atoms with Gasteiger partial charge < -0.3 is 10.4 Å². The summed E-state index contributed by atoms with van der Waals surface area (Å²) in [7, 11) is 0. The van der Waals surface area contributed by atoms with Crippen LogP contribution < -0.4 is 5.32 Å². The van der Waals surface area contributed by atoms with Gasteiger partial charge in [0.25, 0.3) is 5.91 Å². The van der Waals surface area contributed by atoms with Crippen molar-refractivity contribution in [3.05, 3.63) is 47.3 Å². The molecule has 1 aliphatic carbocycles. The minimum atomic E-state index is -0.644. The number of halogens is 1. The molecule has 0 aromatic heterocycles. The van der Waals surface area contributed by atoms with Gasteiger partial charge in [0.2, 0.25) is 0 Å². The molecule has 120 valence electrons. The lowest BCUT2D eigenvalue weighted by molar-refractivity contribution is 0.0714. The fourth-order valence-corrected chi connectivity index (χ4v) is 3.16. The number of carbonyl (C=O) groups excluding carboxylic acids is 2. The Bertz CT molecular complexity index is 759. The highest BCUT2D eigenvalue weighted by atomic mass is 19.1. The second-order valence-electron chi connectivity index (χ2n) is 5.92. The third-order valence-electron chi connectivity index (χ3n) is 4.43. The van der Waals surface area contributed by atoms with E-state index in [2.05, 4.69) is 5.32 Å². The first-order valence-electron chi connectivity index (χ1n) is 7.77. The molecule has 2 aromatic carbocycles. The number of hydrogen-bond donors (Lipinski definition) is 2. The van der Waals surface area contributed by atoms with Crippen LogP contribution in [0, 0.1) is 5.82 Å². The molecule has 5 heteroatoms. The summed E-state index contributed by atoms with van der Waals surface area (Å²) in [4.78, 5) is 23.7.